The Hall–Kier alpha value is -2.46. The van der Waals surface area contributed by atoms with E-state index in [1.54, 1.807) is 10.9 Å². The fourth-order valence-electron chi connectivity index (χ4n) is 3.42. The van der Waals surface area contributed by atoms with Crippen molar-refractivity contribution in [3.05, 3.63) is 46.8 Å². The third-order valence-electron chi connectivity index (χ3n) is 5.25. The molecule has 0 aliphatic carbocycles. The lowest BCUT2D eigenvalue weighted by atomic mass is 10.0. The highest BCUT2D eigenvalue weighted by molar-refractivity contribution is 7.89. The van der Waals surface area contributed by atoms with Crippen LogP contribution in [0.15, 0.2) is 41.6 Å². The molecule has 9 nitrogen and oxygen atoms in total. The van der Waals surface area contributed by atoms with Gasteiger partial charge in [0.05, 0.1) is 9.82 Å². The molecular weight excluding hydrogens is 394 g/mol. The van der Waals surface area contributed by atoms with Crippen molar-refractivity contribution >= 4 is 21.4 Å². The Morgan fingerprint density at radius 1 is 1.34 bits per heavy atom. The third-order valence-corrected chi connectivity index (χ3v) is 7.14. The van der Waals surface area contributed by atoms with Crippen LogP contribution in [0, 0.1) is 22.0 Å². The predicted octanol–water partition coefficient (Wildman–Crippen LogP) is 2.96. The highest BCUT2D eigenvalue weighted by atomic mass is 32.2. The van der Waals surface area contributed by atoms with E-state index in [0.717, 1.165) is 18.9 Å². The Morgan fingerprint density at radius 3 is 2.69 bits per heavy atom. The van der Waals surface area contributed by atoms with Gasteiger partial charge >= 0.3 is 0 Å². The van der Waals surface area contributed by atoms with Crippen LogP contribution in [0.2, 0.25) is 0 Å². The van der Waals surface area contributed by atoms with Gasteiger partial charge in [0.15, 0.2) is 0 Å². The minimum absolute atomic E-state index is 0.0334. The molecular formula is C19H27N5O4S. The second kappa shape index (κ2) is 8.91. The molecule has 0 unspecified atom stereocenters. The van der Waals surface area contributed by atoms with Crippen LogP contribution in [-0.4, -0.2) is 47.1 Å². The third kappa shape index (κ3) is 5.13. The monoisotopic (exact) mass is 421 g/mol. The van der Waals surface area contributed by atoms with Crippen LogP contribution in [0.5, 0.6) is 0 Å². The molecule has 0 bridgehead atoms. The van der Waals surface area contributed by atoms with Gasteiger partial charge < -0.3 is 5.32 Å². The number of anilines is 1. The standard InChI is InChI=1S/C19H27N5O4S/c1-15-6-10-23(11-7-15)29(27,28)17-4-5-18(19(12-17)24(25)26)20-13-16(2)14-22-9-3-8-21-22/h3-5,8-9,12,15-16,20H,6-7,10-11,13-14H2,1-2H3/t16-/m1/s1. The van der Waals surface area contributed by atoms with Crippen LogP contribution in [-0.2, 0) is 16.6 Å². The maximum atomic E-state index is 12.9. The fraction of sp³-hybridized carbons (Fsp3) is 0.526. The number of hydrogen-bond acceptors (Lipinski definition) is 6. The topological polar surface area (TPSA) is 110 Å². The minimum Gasteiger partial charge on any atom is -0.379 e. The molecule has 1 atom stereocenters. The highest BCUT2D eigenvalue weighted by Crippen LogP contribution is 2.30. The number of aromatic nitrogens is 2. The summed E-state index contributed by atoms with van der Waals surface area (Å²) in [5.74, 6) is 0.666. The maximum Gasteiger partial charge on any atom is 0.293 e. The first-order chi connectivity index (χ1) is 13.8. The van der Waals surface area contributed by atoms with E-state index in [9.17, 15) is 18.5 Å². The molecule has 1 aliphatic rings. The van der Waals surface area contributed by atoms with Gasteiger partial charge in [-0.2, -0.15) is 9.40 Å². The first kappa shape index (κ1) is 21.3. The van der Waals surface area contributed by atoms with Crippen molar-refractivity contribution in [2.45, 2.75) is 38.1 Å². The Labute approximate surface area is 170 Å². The van der Waals surface area contributed by atoms with Crippen molar-refractivity contribution in [3.8, 4) is 0 Å². The summed E-state index contributed by atoms with van der Waals surface area (Å²) in [7, 11) is -3.73. The van der Waals surface area contributed by atoms with Crippen molar-refractivity contribution in [2.75, 3.05) is 25.0 Å². The van der Waals surface area contributed by atoms with Gasteiger partial charge in [-0.15, -0.1) is 0 Å². The maximum absolute atomic E-state index is 12.9. The molecule has 1 saturated heterocycles. The number of sulfonamides is 1. The number of nitrogens with zero attached hydrogens (tertiary/aromatic N) is 4. The van der Waals surface area contributed by atoms with Crippen LogP contribution in [0.1, 0.15) is 26.7 Å². The summed E-state index contributed by atoms with van der Waals surface area (Å²) in [6, 6.07) is 5.93. The van der Waals surface area contributed by atoms with E-state index in [2.05, 4.69) is 17.3 Å². The van der Waals surface area contributed by atoms with Crippen LogP contribution in [0.3, 0.4) is 0 Å². The van der Waals surface area contributed by atoms with Gasteiger partial charge in [0.2, 0.25) is 10.0 Å². The largest absolute Gasteiger partial charge is 0.379 e. The Kier molecular flexibility index (Phi) is 6.53. The summed E-state index contributed by atoms with van der Waals surface area (Å²) < 4.78 is 29.0. The lowest BCUT2D eigenvalue weighted by molar-refractivity contribution is -0.384. The smallest absolute Gasteiger partial charge is 0.293 e. The van der Waals surface area contributed by atoms with Crippen molar-refractivity contribution in [3.63, 3.8) is 0 Å². The molecule has 29 heavy (non-hydrogen) atoms. The first-order valence-corrected chi connectivity index (χ1v) is 11.2. The zero-order valence-electron chi connectivity index (χ0n) is 16.7. The lowest BCUT2D eigenvalue weighted by Gasteiger charge is -2.29. The number of rotatable bonds is 8. The van der Waals surface area contributed by atoms with Crippen LogP contribution < -0.4 is 5.32 Å². The zero-order chi connectivity index (χ0) is 21.0. The number of hydrogen-bond donors (Lipinski definition) is 1. The molecule has 1 N–H and O–H groups in total. The zero-order valence-corrected chi connectivity index (χ0v) is 17.5. The summed E-state index contributed by atoms with van der Waals surface area (Å²) in [5.41, 5.74) is 0.0799. The molecule has 10 heteroatoms. The van der Waals surface area contributed by atoms with Gasteiger partial charge in [-0.1, -0.05) is 13.8 Å². The van der Waals surface area contributed by atoms with Crippen molar-refractivity contribution in [1.29, 1.82) is 0 Å². The molecule has 1 fully saturated rings. The summed E-state index contributed by atoms with van der Waals surface area (Å²) in [6.07, 6.45) is 5.16. The van der Waals surface area contributed by atoms with E-state index >= 15 is 0 Å². The summed E-state index contributed by atoms with van der Waals surface area (Å²) >= 11 is 0. The SMILES string of the molecule is CC1CCN(S(=O)(=O)c2ccc(NC[C@@H](C)Cn3cccn3)c([N+](=O)[O-])c2)CC1. The quantitative estimate of drug-likeness (QED) is 0.518. The highest BCUT2D eigenvalue weighted by Gasteiger charge is 2.30. The van der Waals surface area contributed by atoms with Gasteiger partial charge in [0.25, 0.3) is 5.69 Å². The molecule has 0 saturated carbocycles. The minimum atomic E-state index is -3.73. The van der Waals surface area contributed by atoms with Gasteiger partial charge in [0.1, 0.15) is 5.69 Å². The van der Waals surface area contributed by atoms with Gasteiger partial charge in [0, 0.05) is 44.6 Å². The number of nitro benzene ring substituents is 1. The van der Waals surface area contributed by atoms with Crippen molar-refractivity contribution in [1.82, 2.24) is 14.1 Å². The number of nitro groups is 1. The Morgan fingerprint density at radius 2 is 2.07 bits per heavy atom. The summed E-state index contributed by atoms with van der Waals surface area (Å²) in [4.78, 5) is 11.0. The van der Waals surface area contributed by atoms with E-state index in [1.165, 1.54) is 16.4 Å². The van der Waals surface area contributed by atoms with Gasteiger partial charge in [-0.3, -0.25) is 14.8 Å². The van der Waals surface area contributed by atoms with Gasteiger partial charge in [-0.05, 0) is 42.9 Å². The normalized spacial score (nSPS) is 17.2. The van der Waals surface area contributed by atoms with Crippen LogP contribution in [0.4, 0.5) is 11.4 Å². The first-order valence-electron chi connectivity index (χ1n) is 9.77. The fourth-order valence-corrected chi connectivity index (χ4v) is 4.91. The molecule has 3 rings (SSSR count). The molecule has 1 aromatic heterocycles. The van der Waals surface area contributed by atoms with Gasteiger partial charge in [-0.25, -0.2) is 8.42 Å². The number of piperidine rings is 1. The molecule has 0 spiro atoms. The van der Waals surface area contributed by atoms with E-state index in [0.29, 0.717) is 37.8 Å². The lowest BCUT2D eigenvalue weighted by Crippen LogP contribution is -2.37. The van der Waals surface area contributed by atoms with E-state index in [4.69, 9.17) is 0 Å². The molecule has 2 heterocycles. The molecule has 158 valence electrons. The Bertz CT molecular complexity index is 938. The van der Waals surface area contributed by atoms with Crippen LogP contribution in [0.25, 0.3) is 0 Å². The van der Waals surface area contributed by atoms with Crippen molar-refractivity contribution in [2.24, 2.45) is 11.8 Å². The molecule has 1 aromatic carbocycles. The second-order valence-electron chi connectivity index (χ2n) is 7.74. The molecule has 0 amide bonds. The molecule has 2 aromatic rings. The molecule has 1 aliphatic heterocycles. The Balaban J connectivity index is 1.74. The van der Waals surface area contributed by atoms with Crippen LogP contribution >= 0.6 is 0 Å². The number of benzene rings is 1. The van der Waals surface area contributed by atoms with E-state index in [1.807, 2.05) is 19.2 Å². The summed E-state index contributed by atoms with van der Waals surface area (Å²) in [5, 5.41) is 18.8. The molecule has 0 radical (unpaired) electrons. The average Bonchev–Trinajstić information content (AvgIpc) is 3.19. The van der Waals surface area contributed by atoms with E-state index < -0.39 is 14.9 Å². The van der Waals surface area contributed by atoms with E-state index in [-0.39, 0.29) is 16.5 Å². The average molecular weight is 422 g/mol. The predicted molar refractivity (Wildman–Crippen MR) is 110 cm³/mol. The second-order valence-corrected chi connectivity index (χ2v) is 9.67. The van der Waals surface area contributed by atoms with Crippen molar-refractivity contribution < 1.29 is 13.3 Å². The number of nitrogens with one attached hydrogen (secondary N) is 1. The summed E-state index contributed by atoms with van der Waals surface area (Å²) in [6.45, 7) is 6.17.